The van der Waals surface area contributed by atoms with Crippen LogP contribution in [-0.2, 0) is 21.4 Å². The minimum atomic E-state index is -3.51. The van der Waals surface area contributed by atoms with E-state index in [0.29, 0.717) is 23.2 Å². The molecule has 1 fully saturated rings. The highest BCUT2D eigenvalue weighted by molar-refractivity contribution is 9.09. The van der Waals surface area contributed by atoms with Crippen molar-refractivity contribution in [1.82, 2.24) is 4.31 Å². The van der Waals surface area contributed by atoms with E-state index < -0.39 is 10.0 Å². The molecule has 0 N–H and O–H groups in total. The van der Waals surface area contributed by atoms with Crippen LogP contribution < -0.4 is 0 Å². The zero-order valence-corrected chi connectivity index (χ0v) is 13.9. The standard InChI is InChI=1S/C12H14BrN3O2S2/c13-8-9-4-1-2-7-16(9)20(17,18)11-6-3-5-10-12(11)15-19-14-10/h3,5-6,9H,1-2,4,7-8H2. The maximum atomic E-state index is 12.9. The Balaban J connectivity index is 2.04. The number of sulfonamides is 1. The fourth-order valence-electron chi connectivity index (χ4n) is 2.56. The quantitative estimate of drug-likeness (QED) is 0.772. The van der Waals surface area contributed by atoms with Crippen molar-refractivity contribution in [2.24, 2.45) is 8.73 Å². The van der Waals surface area contributed by atoms with Crippen LogP contribution in [0.5, 0.6) is 0 Å². The van der Waals surface area contributed by atoms with Crippen molar-refractivity contribution >= 4 is 48.7 Å². The summed E-state index contributed by atoms with van der Waals surface area (Å²) in [6, 6.07) is 5.16. The molecule has 1 aromatic rings. The molecule has 0 radical (unpaired) electrons. The lowest BCUT2D eigenvalue weighted by atomic mass is 10.1. The zero-order chi connectivity index (χ0) is 14.2. The molecule has 108 valence electrons. The Labute approximate surface area is 130 Å². The molecule has 0 aromatic heterocycles. The number of rotatable bonds is 3. The molecule has 1 unspecified atom stereocenters. The van der Waals surface area contributed by atoms with Crippen LogP contribution in [0.2, 0.25) is 0 Å². The molecule has 0 saturated carbocycles. The molecular formula is C12H14BrN3O2S2. The summed E-state index contributed by atoms with van der Waals surface area (Å²) in [6.07, 6.45) is 2.88. The predicted octanol–water partition coefficient (Wildman–Crippen LogP) is 3.35. The van der Waals surface area contributed by atoms with Gasteiger partial charge in [-0.15, -0.1) is 0 Å². The first-order chi connectivity index (χ1) is 9.64. The van der Waals surface area contributed by atoms with Crippen molar-refractivity contribution in [2.45, 2.75) is 30.2 Å². The maximum Gasteiger partial charge on any atom is 0.245 e. The fourth-order valence-corrected chi connectivity index (χ4v) is 5.87. The molecule has 2 aliphatic rings. The number of hydrogen-bond acceptors (Lipinski definition) is 4. The summed E-state index contributed by atoms with van der Waals surface area (Å²) in [4.78, 5) is 0.275. The van der Waals surface area contributed by atoms with Crippen LogP contribution >= 0.6 is 15.9 Å². The van der Waals surface area contributed by atoms with Gasteiger partial charge < -0.3 is 0 Å². The van der Waals surface area contributed by atoms with Gasteiger partial charge in [0.05, 0.1) is 11.4 Å². The summed E-state index contributed by atoms with van der Waals surface area (Å²) in [5, 5.41) is 0.664. The number of hydrogen-bond donors (Lipinski definition) is 0. The third kappa shape index (κ3) is 2.38. The monoisotopic (exact) mass is 375 g/mol. The van der Waals surface area contributed by atoms with Crippen molar-refractivity contribution in [1.29, 1.82) is 0 Å². The highest BCUT2D eigenvalue weighted by Crippen LogP contribution is 2.39. The van der Waals surface area contributed by atoms with Gasteiger partial charge in [-0.3, -0.25) is 0 Å². The Hall–Kier alpha value is -0.570. The number of piperidine rings is 1. The first-order valence-electron chi connectivity index (χ1n) is 6.43. The number of alkyl halides is 1. The molecule has 2 aliphatic heterocycles. The Morgan fingerprint density at radius 2 is 2.20 bits per heavy atom. The first-order valence-corrected chi connectivity index (χ1v) is 9.73. The van der Waals surface area contributed by atoms with Gasteiger partial charge in [0.15, 0.2) is 0 Å². The summed E-state index contributed by atoms with van der Waals surface area (Å²) in [6.45, 7) is 0.576. The highest BCUT2D eigenvalue weighted by atomic mass is 79.9. The lowest BCUT2D eigenvalue weighted by Gasteiger charge is -2.33. The molecule has 0 aliphatic carbocycles. The molecule has 0 spiro atoms. The van der Waals surface area contributed by atoms with E-state index in [-0.39, 0.29) is 10.9 Å². The van der Waals surface area contributed by atoms with Gasteiger partial charge in [0.25, 0.3) is 0 Å². The van der Waals surface area contributed by atoms with Crippen LogP contribution in [0.15, 0.2) is 31.8 Å². The van der Waals surface area contributed by atoms with Gasteiger partial charge in [0.1, 0.15) is 16.3 Å². The van der Waals surface area contributed by atoms with Crippen LogP contribution in [0.3, 0.4) is 0 Å². The van der Waals surface area contributed by atoms with E-state index in [0.717, 1.165) is 30.6 Å². The summed E-state index contributed by atoms with van der Waals surface area (Å²) in [5.41, 5.74) is 1.12. The molecule has 0 amide bonds. The summed E-state index contributed by atoms with van der Waals surface area (Å²) < 4.78 is 35.7. The average molecular weight is 376 g/mol. The van der Waals surface area contributed by atoms with Crippen LogP contribution in [0.4, 0.5) is 11.4 Å². The fraction of sp³-hybridized carbons (Fsp3) is 0.500. The van der Waals surface area contributed by atoms with Crippen molar-refractivity contribution in [2.75, 3.05) is 11.9 Å². The molecule has 1 aromatic carbocycles. The largest absolute Gasteiger partial charge is 0.245 e. The molecule has 1 atom stereocenters. The molecule has 2 heterocycles. The molecule has 5 nitrogen and oxygen atoms in total. The third-order valence-corrected chi connectivity index (χ3v) is 6.86. The Kier molecular flexibility index (Phi) is 4.07. The van der Waals surface area contributed by atoms with Crippen LogP contribution in [0.25, 0.3) is 0 Å². The third-order valence-electron chi connectivity index (χ3n) is 3.59. The second-order valence-electron chi connectivity index (χ2n) is 4.81. The molecular weight excluding hydrogens is 362 g/mol. The molecule has 20 heavy (non-hydrogen) atoms. The van der Waals surface area contributed by atoms with Crippen LogP contribution in [0, 0.1) is 0 Å². The summed E-state index contributed by atoms with van der Waals surface area (Å²) >= 11 is 4.47. The first kappa shape index (κ1) is 14.4. The smallest absolute Gasteiger partial charge is 0.207 e. The Morgan fingerprint density at radius 1 is 1.35 bits per heavy atom. The number of fused-ring (bicyclic) bond motifs is 1. The Bertz CT molecular complexity index is 699. The summed E-state index contributed by atoms with van der Waals surface area (Å²) in [5.74, 6) is 0. The lowest BCUT2D eigenvalue weighted by molar-refractivity contribution is 0.273. The van der Waals surface area contributed by atoms with Gasteiger partial charge in [0.2, 0.25) is 10.0 Å². The van der Waals surface area contributed by atoms with Gasteiger partial charge in [-0.1, -0.05) is 28.4 Å². The minimum absolute atomic E-state index is 0.0237. The molecule has 0 bridgehead atoms. The van der Waals surface area contributed by atoms with Crippen LogP contribution in [-0.4, -0.2) is 30.6 Å². The van der Waals surface area contributed by atoms with E-state index in [9.17, 15) is 8.42 Å². The van der Waals surface area contributed by atoms with E-state index in [2.05, 4.69) is 24.7 Å². The van der Waals surface area contributed by atoms with Gasteiger partial charge >= 0.3 is 0 Å². The normalized spacial score (nSPS) is 22.6. The predicted molar refractivity (Wildman–Crippen MR) is 83.3 cm³/mol. The topological polar surface area (TPSA) is 62.1 Å². The van der Waals surface area contributed by atoms with Crippen molar-refractivity contribution in [3.63, 3.8) is 0 Å². The van der Waals surface area contributed by atoms with E-state index in [1.165, 1.54) is 0 Å². The second-order valence-corrected chi connectivity index (χ2v) is 7.84. The van der Waals surface area contributed by atoms with Crippen LogP contribution in [0.1, 0.15) is 19.3 Å². The SMILES string of the molecule is O=S(=O)(c1cccc2c1N=S=N2)N1CCCCC1CBr. The van der Waals surface area contributed by atoms with Gasteiger partial charge in [-0.05, 0) is 25.0 Å². The number of halogens is 1. The van der Waals surface area contributed by atoms with E-state index in [1.54, 1.807) is 22.5 Å². The van der Waals surface area contributed by atoms with E-state index in [4.69, 9.17) is 0 Å². The number of benzene rings is 1. The molecule has 1 saturated heterocycles. The van der Waals surface area contributed by atoms with Gasteiger partial charge in [0, 0.05) is 17.9 Å². The molecule has 8 heteroatoms. The number of nitrogens with zero attached hydrogens (tertiary/aromatic N) is 3. The van der Waals surface area contributed by atoms with Crippen molar-refractivity contribution in [3.8, 4) is 0 Å². The molecule has 3 rings (SSSR count). The van der Waals surface area contributed by atoms with Gasteiger partial charge in [-0.25, -0.2) is 8.42 Å². The highest BCUT2D eigenvalue weighted by Gasteiger charge is 2.35. The van der Waals surface area contributed by atoms with E-state index in [1.807, 2.05) is 0 Å². The van der Waals surface area contributed by atoms with Crippen molar-refractivity contribution < 1.29 is 8.42 Å². The minimum Gasteiger partial charge on any atom is -0.207 e. The lowest BCUT2D eigenvalue weighted by Crippen LogP contribution is -2.44. The van der Waals surface area contributed by atoms with Gasteiger partial charge in [-0.2, -0.15) is 13.0 Å². The maximum absolute atomic E-state index is 12.9. The Morgan fingerprint density at radius 3 is 3.00 bits per heavy atom. The second kappa shape index (κ2) is 5.67. The van der Waals surface area contributed by atoms with Crippen molar-refractivity contribution in [3.05, 3.63) is 18.2 Å². The van der Waals surface area contributed by atoms with E-state index >= 15 is 0 Å². The summed E-state index contributed by atoms with van der Waals surface area (Å²) in [7, 11) is -3.51. The average Bonchev–Trinajstić information content (AvgIpc) is 2.95. The zero-order valence-electron chi connectivity index (χ0n) is 10.7.